The molecule has 3 rings (SSSR count). The molecule has 0 radical (unpaired) electrons. The zero-order valence-corrected chi connectivity index (χ0v) is 10.1. The van der Waals surface area contributed by atoms with Crippen molar-refractivity contribution in [2.45, 2.75) is 18.6 Å². The van der Waals surface area contributed by atoms with Gasteiger partial charge in [-0.25, -0.2) is 0 Å². The van der Waals surface area contributed by atoms with Gasteiger partial charge < -0.3 is 19.5 Å². The fourth-order valence-corrected chi connectivity index (χ4v) is 2.44. The summed E-state index contributed by atoms with van der Waals surface area (Å²) in [5, 5.41) is 2.95. The fourth-order valence-electron chi connectivity index (χ4n) is 2.44. The number of methoxy groups -OCH3 is 1. The average molecular weight is 249 g/mol. The van der Waals surface area contributed by atoms with E-state index in [2.05, 4.69) is 5.32 Å². The third-order valence-electron chi connectivity index (χ3n) is 3.32. The Hall–Kier alpha value is -1.75. The van der Waals surface area contributed by atoms with Crippen LogP contribution in [0.2, 0.25) is 0 Å². The minimum Gasteiger partial charge on any atom is -0.497 e. The van der Waals surface area contributed by atoms with Crippen LogP contribution in [0.5, 0.6) is 11.5 Å². The van der Waals surface area contributed by atoms with Crippen LogP contribution in [0.1, 0.15) is 18.1 Å². The largest absolute Gasteiger partial charge is 0.497 e. The summed E-state index contributed by atoms with van der Waals surface area (Å²) in [5.74, 6) is 1.50. The third-order valence-corrected chi connectivity index (χ3v) is 3.32. The van der Waals surface area contributed by atoms with Gasteiger partial charge in [0, 0.05) is 12.0 Å². The fraction of sp³-hybridized carbons (Fsp3) is 0.462. The van der Waals surface area contributed by atoms with Gasteiger partial charge in [-0.05, 0) is 18.2 Å². The molecule has 1 amide bonds. The Kier molecular flexibility index (Phi) is 2.83. The van der Waals surface area contributed by atoms with Crippen LogP contribution in [0.25, 0.3) is 0 Å². The molecule has 0 unspecified atom stereocenters. The molecule has 2 heterocycles. The van der Waals surface area contributed by atoms with E-state index in [4.69, 9.17) is 14.2 Å². The number of nitrogens with one attached hydrogen (secondary N) is 1. The minimum absolute atomic E-state index is 0.0281. The van der Waals surface area contributed by atoms with Crippen molar-refractivity contribution in [3.8, 4) is 11.5 Å². The molecule has 5 heteroatoms. The summed E-state index contributed by atoms with van der Waals surface area (Å²) in [4.78, 5) is 11.4. The third kappa shape index (κ3) is 1.90. The maximum atomic E-state index is 11.4. The quantitative estimate of drug-likeness (QED) is 0.807. The lowest BCUT2D eigenvalue weighted by molar-refractivity contribution is -0.137. The standard InChI is InChI=1S/C13H15NO4/c1-16-8-2-3-11-9(6-8)13-10(4-5-17-11)14-12(15)7-18-13/h2-3,6,10,13H,4-5,7H2,1H3,(H,14,15)/t10-,13-/m0/s1. The first-order chi connectivity index (χ1) is 8.78. The lowest BCUT2D eigenvalue weighted by Gasteiger charge is -2.31. The predicted octanol–water partition coefficient (Wildman–Crippen LogP) is 1.03. The Labute approximate surface area is 105 Å². The number of morpholine rings is 1. The lowest BCUT2D eigenvalue weighted by Crippen LogP contribution is -2.47. The Morgan fingerprint density at radius 3 is 3.17 bits per heavy atom. The van der Waals surface area contributed by atoms with Gasteiger partial charge in [-0.1, -0.05) is 0 Å². The second kappa shape index (κ2) is 4.49. The van der Waals surface area contributed by atoms with E-state index >= 15 is 0 Å². The number of rotatable bonds is 1. The van der Waals surface area contributed by atoms with Crippen molar-refractivity contribution in [2.24, 2.45) is 0 Å². The van der Waals surface area contributed by atoms with E-state index in [0.717, 1.165) is 23.5 Å². The number of hydrogen-bond donors (Lipinski definition) is 1. The Morgan fingerprint density at radius 2 is 2.33 bits per heavy atom. The number of amides is 1. The number of carbonyl (C=O) groups is 1. The highest BCUT2D eigenvalue weighted by Crippen LogP contribution is 2.37. The van der Waals surface area contributed by atoms with Crippen molar-refractivity contribution in [3.63, 3.8) is 0 Å². The van der Waals surface area contributed by atoms with Crippen LogP contribution in [0.15, 0.2) is 18.2 Å². The van der Waals surface area contributed by atoms with Crippen LogP contribution in [0, 0.1) is 0 Å². The first-order valence-electron chi connectivity index (χ1n) is 5.99. The maximum absolute atomic E-state index is 11.4. The lowest BCUT2D eigenvalue weighted by atomic mass is 9.98. The number of fused-ring (bicyclic) bond motifs is 3. The van der Waals surface area contributed by atoms with Crippen LogP contribution >= 0.6 is 0 Å². The molecule has 18 heavy (non-hydrogen) atoms. The van der Waals surface area contributed by atoms with Crippen LogP contribution in [0.3, 0.4) is 0 Å². The first-order valence-corrected chi connectivity index (χ1v) is 5.99. The monoisotopic (exact) mass is 249 g/mol. The van der Waals surface area contributed by atoms with E-state index in [1.165, 1.54) is 0 Å². The molecule has 96 valence electrons. The van der Waals surface area contributed by atoms with Crippen molar-refractivity contribution in [1.29, 1.82) is 0 Å². The molecule has 1 aromatic rings. The average Bonchev–Trinajstić information content (AvgIpc) is 2.56. The first kappa shape index (κ1) is 11.3. The number of ether oxygens (including phenoxy) is 3. The molecule has 1 N–H and O–H groups in total. The van der Waals surface area contributed by atoms with Crippen molar-refractivity contribution >= 4 is 5.91 Å². The van der Waals surface area contributed by atoms with Crippen molar-refractivity contribution in [3.05, 3.63) is 23.8 Å². The molecule has 1 aromatic carbocycles. The summed E-state index contributed by atoms with van der Waals surface area (Å²) in [6, 6.07) is 5.63. The molecular weight excluding hydrogens is 234 g/mol. The SMILES string of the molecule is COc1ccc2c(c1)[C@@H]1OCC(=O)N[C@H]1CCO2. The molecule has 2 atom stereocenters. The zero-order valence-electron chi connectivity index (χ0n) is 10.1. The molecule has 1 saturated heterocycles. The summed E-state index contributed by atoms with van der Waals surface area (Å²) >= 11 is 0. The van der Waals surface area contributed by atoms with Crippen LogP contribution in [-0.2, 0) is 9.53 Å². The summed E-state index contributed by atoms with van der Waals surface area (Å²) in [7, 11) is 1.63. The maximum Gasteiger partial charge on any atom is 0.246 e. The van der Waals surface area contributed by atoms with Crippen LogP contribution in [-0.4, -0.2) is 32.3 Å². The number of hydrogen-bond acceptors (Lipinski definition) is 4. The number of benzene rings is 1. The van der Waals surface area contributed by atoms with E-state index in [-0.39, 0.29) is 24.7 Å². The molecule has 0 aromatic heterocycles. The second-order valence-corrected chi connectivity index (χ2v) is 4.45. The van der Waals surface area contributed by atoms with Gasteiger partial charge in [-0.15, -0.1) is 0 Å². The highest BCUT2D eigenvalue weighted by atomic mass is 16.5. The molecular formula is C13H15NO4. The minimum atomic E-state index is -0.157. The Morgan fingerprint density at radius 1 is 1.44 bits per heavy atom. The van der Waals surface area contributed by atoms with Crippen LogP contribution in [0.4, 0.5) is 0 Å². The molecule has 1 fully saturated rings. The van der Waals surface area contributed by atoms with Gasteiger partial charge in [0.05, 0.1) is 19.8 Å². The predicted molar refractivity (Wildman–Crippen MR) is 63.7 cm³/mol. The summed E-state index contributed by atoms with van der Waals surface area (Å²) in [6.45, 7) is 0.669. The highest BCUT2D eigenvalue weighted by Gasteiger charge is 2.34. The highest BCUT2D eigenvalue weighted by molar-refractivity contribution is 5.78. The van der Waals surface area contributed by atoms with Gasteiger partial charge >= 0.3 is 0 Å². The van der Waals surface area contributed by atoms with Crippen molar-refractivity contribution < 1.29 is 19.0 Å². The van der Waals surface area contributed by atoms with Crippen molar-refractivity contribution in [1.82, 2.24) is 5.32 Å². The van der Waals surface area contributed by atoms with Gasteiger partial charge in [0.25, 0.3) is 0 Å². The van der Waals surface area contributed by atoms with E-state index < -0.39 is 0 Å². The second-order valence-electron chi connectivity index (χ2n) is 4.45. The normalized spacial score (nSPS) is 26.2. The van der Waals surface area contributed by atoms with Gasteiger partial charge in [0.15, 0.2) is 0 Å². The Bertz CT molecular complexity index is 474. The van der Waals surface area contributed by atoms with Gasteiger partial charge in [0.2, 0.25) is 5.91 Å². The smallest absolute Gasteiger partial charge is 0.246 e. The molecule has 0 bridgehead atoms. The summed E-state index contributed by atoms with van der Waals surface area (Å²) in [5.41, 5.74) is 0.942. The summed E-state index contributed by atoms with van der Waals surface area (Å²) < 4.78 is 16.6. The van der Waals surface area contributed by atoms with E-state index in [1.807, 2.05) is 18.2 Å². The van der Waals surface area contributed by atoms with Crippen LogP contribution < -0.4 is 14.8 Å². The van der Waals surface area contributed by atoms with Crippen molar-refractivity contribution in [2.75, 3.05) is 20.3 Å². The molecule has 0 spiro atoms. The Balaban J connectivity index is 1.99. The molecule has 0 saturated carbocycles. The van der Waals surface area contributed by atoms with E-state index in [1.54, 1.807) is 7.11 Å². The molecule has 0 aliphatic carbocycles. The van der Waals surface area contributed by atoms with E-state index in [9.17, 15) is 4.79 Å². The van der Waals surface area contributed by atoms with Gasteiger partial charge in [-0.2, -0.15) is 0 Å². The molecule has 2 aliphatic heterocycles. The van der Waals surface area contributed by atoms with E-state index in [0.29, 0.717) is 6.61 Å². The van der Waals surface area contributed by atoms with Gasteiger partial charge in [0.1, 0.15) is 24.2 Å². The topological polar surface area (TPSA) is 56.8 Å². The van der Waals surface area contributed by atoms with Gasteiger partial charge in [-0.3, -0.25) is 4.79 Å². The number of carbonyl (C=O) groups excluding carboxylic acids is 1. The summed E-state index contributed by atoms with van der Waals surface area (Å²) in [6.07, 6.45) is 0.586. The zero-order chi connectivity index (χ0) is 12.5. The molecule has 2 aliphatic rings. The molecule has 5 nitrogen and oxygen atoms in total.